The summed E-state index contributed by atoms with van der Waals surface area (Å²) in [4.78, 5) is 2.74. The third-order valence-corrected chi connectivity index (χ3v) is 9.77. The maximum Gasteiger partial charge on any atom is 0.333 e. The highest BCUT2D eigenvalue weighted by Crippen LogP contribution is 2.41. The Bertz CT molecular complexity index is 1620. The largest absolute Gasteiger partial charge is 0.489 e. The summed E-state index contributed by atoms with van der Waals surface area (Å²) >= 11 is 6.30. The highest BCUT2D eigenvalue weighted by atomic mass is 35.5. The number of hydrogen-bond donors (Lipinski definition) is 10. The fourth-order valence-electron chi connectivity index (χ4n) is 5.04. The van der Waals surface area contributed by atoms with Gasteiger partial charge in [-0.15, -0.1) is 0 Å². The Balaban J connectivity index is 1.72. The molecule has 3 aromatic rings. The van der Waals surface area contributed by atoms with Crippen molar-refractivity contribution in [3.63, 3.8) is 0 Å². The summed E-state index contributed by atoms with van der Waals surface area (Å²) in [5.74, 6) is -8.72. The predicted octanol–water partition coefficient (Wildman–Crippen LogP) is 0.904. The van der Waals surface area contributed by atoms with Crippen molar-refractivity contribution >= 4 is 44.6 Å². The number of aliphatic hydroxyl groups is 7. The number of hydrogen-bond acceptors (Lipinski definition) is 15. The van der Waals surface area contributed by atoms with Crippen molar-refractivity contribution in [1.29, 1.82) is 0 Å². The zero-order chi connectivity index (χ0) is 33.4. The van der Waals surface area contributed by atoms with Gasteiger partial charge in [-0.25, -0.2) is 13.4 Å². The summed E-state index contributed by atoms with van der Waals surface area (Å²) in [5, 5.41) is 76.9. The van der Waals surface area contributed by atoms with Crippen LogP contribution >= 0.6 is 11.6 Å². The van der Waals surface area contributed by atoms with Crippen LogP contribution in [0.15, 0.2) is 47.5 Å². The van der Waals surface area contributed by atoms with E-state index >= 15 is 0 Å². The van der Waals surface area contributed by atoms with E-state index in [1.165, 1.54) is 17.8 Å². The van der Waals surface area contributed by atoms with Gasteiger partial charge in [-0.2, -0.15) is 4.98 Å². The van der Waals surface area contributed by atoms with Crippen LogP contribution in [-0.4, -0.2) is 90.2 Å². The van der Waals surface area contributed by atoms with Crippen LogP contribution < -0.4 is 20.7 Å². The van der Waals surface area contributed by atoms with Gasteiger partial charge in [-0.1, -0.05) is 23.7 Å². The van der Waals surface area contributed by atoms with E-state index in [9.17, 15) is 44.2 Å². The monoisotopic (exact) mass is 669 g/mol. The quantitative estimate of drug-likeness (QED) is 0.127. The van der Waals surface area contributed by atoms with E-state index in [1.54, 1.807) is 0 Å². The number of para-hydroxylation sites is 1. The Morgan fingerprint density at radius 2 is 1.60 bits per heavy atom. The molecule has 2 aromatic carbocycles. The van der Waals surface area contributed by atoms with E-state index in [1.807, 2.05) is 32.9 Å². The molecule has 0 atom stereocenters. The van der Waals surface area contributed by atoms with Crippen molar-refractivity contribution in [2.45, 2.75) is 67.4 Å². The lowest BCUT2D eigenvalue weighted by Gasteiger charge is -2.39. The van der Waals surface area contributed by atoms with Crippen LogP contribution in [0, 0.1) is 6.92 Å². The zero-order valence-corrected chi connectivity index (χ0v) is 26.1. The molecule has 0 aliphatic carbocycles. The van der Waals surface area contributed by atoms with Gasteiger partial charge in [0.2, 0.25) is 15.8 Å². The van der Waals surface area contributed by atoms with Crippen LogP contribution in [0.2, 0.25) is 5.02 Å². The van der Waals surface area contributed by atoms with Crippen LogP contribution in [0.5, 0.6) is 5.75 Å². The molecule has 0 bridgehead atoms. The fourth-order valence-corrected chi connectivity index (χ4v) is 6.88. The molecule has 1 aliphatic heterocycles. The van der Waals surface area contributed by atoms with Gasteiger partial charge in [0.05, 0.1) is 28.6 Å². The van der Waals surface area contributed by atoms with E-state index < -0.39 is 37.3 Å². The number of nitrogens with zero attached hydrogens (tertiary/aromatic N) is 2. The summed E-state index contributed by atoms with van der Waals surface area (Å²) in [5.41, 5.74) is 2.32. The second-order valence-corrected chi connectivity index (χ2v) is 13.4. The van der Waals surface area contributed by atoms with E-state index in [2.05, 4.69) is 25.9 Å². The molecule has 1 fully saturated rings. The number of aromatic nitrogens is 2. The van der Waals surface area contributed by atoms with E-state index in [4.69, 9.17) is 16.3 Å². The zero-order valence-electron chi connectivity index (χ0n) is 24.6. The summed E-state index contributed by atoms with van der Waals surface area (Å²) in [6.45, 7) is 7.62. The molecule has 1 aliphatic rings. The SMILES string of the molecule is Cc1cc(Nc2ncc(Cl)c(Nc3ccccc3S(=O)(=O)C(O)(C(O)(O)O)C(O)(O)O)n2)c(OC(C)C)cc1C1CCNCC1. The predicted molar refractivity (Wildman–Crippen MR) is 163 cm³/mol. The fraction of sp³-hybridized carbons (Fsp3) is 0.429. The number of ether oxygens (including phenoxy) is 1. The lowest BCUT2D eigenvalue weighted by atomic mass is 9.87. The maximum atomic E-state index is 13.3. The number of halogens is 1. The van der Waals surface area contributed by atoms with Crippen LogP contribution in [0.4, 0.5) is 23.1 Å². The Labute approximate surface area is 264 Å². The molecule has 0 unspecified atom stereocenters. The van der Waals surface area contributed by atoms with Gasteiger partial charge in [0.1, 0.15) is 10.8 Å². The normalized spacial score (nSPS) is 15.3. The van der Waals surface area contributed by atoms with Gasteiger partial charge >= 0.3 is 16.9 Å². The third-order valence-electron chi connectivity index (χ3n) is 7.23. The Hall–Kier alpha value is -3.16. The molecular weight excluding hydrogens is 634 g/mol. The van der Waals surface area contributed by atoms with Crippen molar-refractivity contribution in [3.05, 3.63) is 58.7 Å². The van der Waals surface area contributed by atoms with Gasteiger partial charge < -0.3 is 56.4 Å². The topological polar surface area (TPSA) is 247 Å². The molecule has 10 N–H and O–H groups in total. The lowest BCUT2D eigenvalue weighted by molar-refractivity contribution is -0.466. The number of rotatable bonds is 11. The molecule has 45 heavy (non-hydrogen) atoms. The Morgan fingerprint density at radius 3 is 2.20 bits per heavy atom. The number of nitrogens with one attached hydrogen (secondary N) is 3. The summed E-state index contributed by atoms with van der Waals surface area (Å²) in [7, 11) is -5.80. The number of anilines is 4. The first-order valence-electron chi connectivity index (χ1n) is 13.9. The molecule has 15 nitrogen and oxygen atoms in total. The first kappa shape index (κ1) is 34.7. The Kier molecular flexibility index (Phi) is 9.96. The van der Waals surface area contributed by atoms with Crippen molar-refractivity contribution in [1.82, 2.24) is 15.3 Å². The smallest absolute Gasteiger partial charge is 0.333 e. The van der Waals surface area contributed by atoms with Crippen molar-refractivity contribution < 1.29 is 48.9 Å². The van der Waals surface area contributed by atoms with Gasteiger partial charge in [0, 0.05) is 0 Å². The molecule has 17 heteroatoms. The van der Waals surface area contributed by atoms with Gasteiger partial charge in [0.25, 0.3) is 0 Å². The van der Waals surface area contributed by atoms with Crippen molar-refractivity contribution in [2.75, 3.05) is 23.7 Å². The average Bonchev–Trinajstić information content (AvgIpc) is 2.95. The van der Waals surface area contributed by atoms with Crippen LogP contribution in [0.3, 0.4) is 0 Å². The van der Waals surface area contributed by atoms with Gasteiger partial charge in [-0.3, -0.25) is 0 Å². The molecule has 246 valence electrons. The van der Waals surface area contributed by atoms with Crippen LogP contribution in [0.1, 0.15) is 43.7 Å². The molecule has 0 spiro atoms. The standard InChI is InChI=1S/C28H36ClN5O10S/c1-15(2)44-22-13-18(17-8-10-30-11-9-17)16(3)12-21(22)33-25-31-14-19(29)24(34-25)32-20-6-4-5-7-23(20)45(42,43)26(35,27(36,37)38)28(39,40)41/h4-7,12-15,17,30,35-41H,8-11H2,1-3H3,(H2,31,32,33,34). The minimum atomic E-state index is -5.80. The van der Waals surface area contributed by atoms with Crippen molar-refractivity contribution in [3.8, 4) is 5.75 Å². The highest BCUT2D eigenvalue weighted by Gasteiger charge is 2.71. The van der Waals surface area contributed by atoms with E-state index in [0.29, 0.717) is 17.4 Å². The lowest BCUT2D eigenvalue weighted by Crippen LogP contribution is -2.72. The second-order valence-electron chi connectivity index (χ2n) is 11.0. The number of benzene rings is 2. The molecule has 2 heterocycles. The Morgan fingerprint density at radius 1 is 0.978 bits per heavy atom. The second kappa shape index (κ2) is 12.9. The minimum absolute atomic E-state index is 0.0153. The minimum Gasteiger partial charge on any atom is -0.489 e. The molecule has 1 saturated heterocycles. The molecule has 0 saturated carbocycles. The number of piperidine rings is 1. The molecule has 1 aromatic heterocycles. The molecule has 0 radical (unpaired) electrons. The number of sulfone groups is 1. The van der Waals surface area contributed by atoms with Gasteiger partial charge in [0.15, 0.2) is 5.82 Å². The van der Waals surface area contributed by atoms with E-state index in [0.717, 1.165) is 49.7 Å². The van der Waals surface area contributed by atoms with Crippen LogP contribution in [0.25, 0.3) is 0 Å². The number of aryl methyl sites for hydroxylation is 1. The van der Waals surface area contributed by atoms with Gasteiger partial charge in [-0.05, 0) is 88.0 Å². The molecule has 0 amide bonds. The summed E-state index contributed by atoms with van der Waals surface area (Å²) in [6.07, 6.45) is 3.04. The summed E-state index contributed by atoms with van der Waals surface area (Å²) in [6, 6.07) is 8.34. The maximum absolute atomic E-state index is 13.3. The molecular formula is C28H36ClN5O10S. The first-order valence-corrected chi connectivity index (χ1v) is 15.7. The highest BCUT2D eigenvalue weighted by molar-refractivity contribution is 7.93. The average molecular weight is 670 g/mol. The van der Waals surface area contributed by atoms with Crippen molar-refractivity contribution in [2.24, 2.45) is 0 Å². The van der Waals surface area contributed by atoms with E-state index in [-0.39, 0.29) is 22.9 Å². The molecule has 4 rings (SSSR count). The third kappa shape index (κ3) is 7.00. The summed E-state index contributed by atoms with van der Waals surface area (Å²) < 4.78 is 32.7. The van der Waals surface area contributed by atoms with Crippen LogP contribution in [-0.2, 0) is 9.84 Å². The first-order chi connectivity index (χ1) is 20.9.